The van der Waals surface area contributed by atoms with Gasteiger partial charge in [0.2, 0.25) is 5.88 Å². The van der Waals surface area contributed by atoms with Gasteiger partial charge in [0.25, 0.3) is 0 Å². The summed E-state index contributed by atoms with van der Waals surface area (Å²) in [6.07, 6.45) is 0. The Morgan fingerprint density at radius 1 is 1.05 bits per heavy atom. The second-order valence-corrected chi connectivity index (χ2v) is 6.82. The molecule has 0 radical (unpaired) electrons. The molecular formula is C13H10Br2Cl2N2O. The molecule has 7 heteroatoms. The van der Waals surface area contributed by atoms with E-state index in [1.807, 2.05) is 13.8 Å². The molecule has 1 heterocycles. The van der Waals surface area contributed by atoms with Gasteiger partial charge in [0.05, 0.1) is 10.0 Å². The molecule has 0 saturated heterocycles. The van der Waals surface area contributed by atoms with E-state index in [0.717, 1.165) is 0 Å². The first-order valence-corrected chi connectivity index (χ1v) is 8.08. The summed E-state index contributed by atoms with van der Waals surface area (Å²) in [5, 5.41) is 0.962. The molecule has 0 unspecified atom stereocenters. The van der Waals surface area contributed by atoms with Gasteiger partial charge < -0.3 is 4.74 Å². The highest BCUT2D eigenvalue weighted by molar-refractivity contribution is 9.10. The van der Waals surface area contributed by atoms with Gasteiger partial charge in [-0.25, -0.2) is 4.98 Å². The maximum atomic E-state index is 6.12. The molecule has 0 aliphatic carbocycles. The molecule has 0 amide bonds. The zero-order chi connectivity index (χ0) is 14.9. The highest BCUT2D eigenvalue weighted by Gasteiger charge is 2.12. The smallest absolute Gasteiger partial charge is 0.223 e. The standard InChI is InChI=1S/C13H10Br2Cl2N2O/c1-6(2)13-18-11(15)5-12(19-13)20-10-4-8(16)7(14)3-9(10)17/h3-6H,1-2H3. The van der Waals surface area contributed by atoms with Gasteiger partial charge in [-0.3, -0.25) is 0 Å². The van der Waals surface area contributed by atoms with E-state index in [4.69, 9.17) is 27.9 Å². The highest BCUT2D eigenvalue weighted by Crippen LogP contribution is 2.36. The molecule has 0 saturated carbocycles. The van der Waals surface area contributed by atoms with Crippen molar-refractivity contribution in [3.05, 3.63) is 43.1 Å². The number of hydrogen-bond acceptors (Lipinski definition) is 3. The van der Waals surface area contributed by atoms with Crippen molar-refractivity contribution in [3.8, 4) is 11.6 Å². The molecule has 0 bridgehead atoms. The third kappa shape index (κ3) is 3.85. The van der Waals surface area contributed by atoms with Crippen LogP contribution in [0.3, 0.4) is 0 Å². The predicted molar refractivity (Wildman–Crippen MR) is 88.1 cm³/mol. The Morgan fingerprint density at radius 2 is 1.75 bits per heavy atom. The van der Waals surface area contributed by atoms with Gasteiger partial charge in [-0.2, -0.15) is 4.98 Å². The third-order valence-corrected chi connectivity index (χ3v) is 4.29. The first-order chi connectivity index (χ1) is 9.36. The molecule has 0 atom stereocenters. The zero-order valence-corrected chi connectivity index (χ0v) is 15.3. The summed E-state index contributed by atoms with van der Waals surface area (Å²) in [6, 6.07) is 5.00. The van der Waals surface area contributed by atoms with E-state index >= 15 is 0 Å². The van der Waals surface area contributed by atoms with Gasteiger partial charge in [0.1, 0.15) is 16.2 Å². The van der Waals surface area contributed by atoms with Crippen molar-refractivity contribution in [2.75, 3.05) is 0 Å². The maximum Gasteiger partial charge on any atom is 0.223 e. The lowest BCUT2D eigenvalue weighted by Gasteiger charge is -2.10. The molecule has 20 heavy (non-hydrogen) atoms. The number of rotatable bonds is 3. The van der Waals surface area contributed by atoms with E-state index in [-0.39, 0.29) is 5.92 Å². The molecule has 0 aliphatic heterocycles. The number of halogens is 4. The van der Waals surface area contributed by atoms with Gasteiger partial charge in [0, 0.05) is 22.5 Å². The highest BCUT2D eigenvalue weighted by atomic mass is 79.9. The molecule has 2 rings (SSSR count). The monoisotopic (exact) mass is 438 g/mol. The van der Waals surface area contributed by atoms with Crippen LogP contribution in [-0.2, 0) is 0 Å². The topological polar surface area (TPSA) is 35.0 Å². The molecule has 2 aromatic rings. The van der Waals surface area contributed by atoms with Gasteiger partial charge in [-0.1, -0.05) is 37.0 Å². The van der Waals surface area contributed by atoms with E-state index in [1.165, 1.54) is 0 Å². The van der Waals surface area contributed by atoms with Crippen LogP contribution in [-0.4, -0.2) is 9.97 Å². The SMILES string of the molecule is CC(C)c1nc(Br)cc(Oc2cc(Cl)c(Br)cc2Cl)n1. The first-order valence-electron chi connectivity index (χ1n) is 5.73. The lowest BCUT2D eigenvalue weighted by atomic mass is 10.2. The van der Waals surface area contributed by atoms with E-state index in [1.54, 1.807) is 18.2 Å². The summed E-state index contributed by atoms with van der Waals surface area (Å²) in [5.74, 6) is 1.74. The third-order valence-electron chi connectivity index (χ3n) is 2.39. The van der Waals surface area contributed by atoms with Crippen LogP contribution in [0.4, 0.5) is 0 Å². The van der Waals surface area contributed by atoms with Crippen LogP contribution >= 0.6 is 55.1 Å². The van der Waals surface area contributed by atoms with Crippen molar-refractivity contribution < 1.29 is 4.74 Å². The fraction of sp³-hybridized carbons (Fsp3) is 0.231. The van der Waals surface area contributed by atoms with Gasteiger partial charge in [0.15, 0.2) is 0 Å². The Hall–Kier alpha value is -0.360. The second kappa shape index (κ2) is 6.60. The molecule has 0 N–H and O–H groups in total. The van der Waals surface area contributed by atoms with Gasteiger partial charge in [-0.05, 0) is 37.9 Å². The number of hydrogen-bond donors (Lipinski definition) is 0. The van der Waals surface area contributed by atoms with Crippen LogP contribution in [0.1, 0.15) is 25.6 Å². The number of aromatic nitrogens is 2. The Morgan fingerprint density at radius 3 is 2.40 bits per heavy atom. The fourth-order valence-corrected chi connectivity index (χ4v) is 2.63. The van der Waals surface area contributed by atoms with Crippen molar-refractivity contribution in [1.29, 1.82) is 0 Å². The van der Waals surface area contributed by atoms with E-state index in [9.17, 15) is 0 Å². The van der Waals surface area contributed by atoms with Gasteiger partial charge >= 0.3 is 0 Å². The molecule has 106 valence electrons. The fourth-order valence-electron chi connectivity index (χ4n) is 1.42. The number of benzene rings is 1. The molecule has 1 aromatic carbocycles. The van der Waals surface area contributed by atoms with Crippen LogP contribution in [0.25, 0.3) is 0 Å². The van der Waals surface area contributed by atoms with Crippen molar-refractivity contribution >= 4 is 55.1 Å². The Bertz CT molecular complexity index is 651. The van der Waals surface area contributed by atoms with E-state index in [0.29, 0.717) is 36.6 Å². The maximum absolute atomic E-state index is 6.12. The predicted octanol–water partition coefficient (Wildman–Crippen LogP) is 6.22. The van der Waals surface area contributed by atoms with E-state index < -0.39 is 0 Å². The number of ether oxygens (including phenoxy) is 1. The zero-order valence-electron chi connectivity index (χ0n) is 10.6. The summed E-state index contributed by atoms with van der Waals surface area (Å²) < 4.78 is 7.07. The minimum atomic E-state index is 0.193. The molecular weight excluding hydrogens is 431 g/mol. The summed E-state index contributed by atoms with van der Waals surface area (Å²) in [6.45, 7) is 4.02. The van der Waals surface area contributed by atoms with Crippen LogP contribution < -0.4 is 4.74 Å². The average Bonchev–Trinajstić information content (AvgIpc) is 2.35. The summed E-state index contributed by atoms with van der Waals surface area (Å²) in [5.41, 5.74) is 0. The van der Waals surface area contributed by atoms with Crippen LogP contribution in [0.15, 0.2) is 27.3 Å². The summed E-state index contributed by atoms with van der Waals surface area (Å²) >= 11 is 18.8. The lowest BCUT2D eigenvalue weighted by Crippen LogP contribution is -2.00. The molecule has 0 spiro atoms. The van der Waals surface area contributed by atoms with Gasteiger partial charge in [-0.15, -0.1) is 0 Å². The minimum Gasteiger partial charge on any atom is -0.437 e. The van der Waals surface area contributed by atoms with Crippen LogP contribution in [0.2, 0.25) is 10.0 Å². The normalized spacial score (nSPS) is 10.9. The summed E-state index contributed by atoms with van der Waals surface area (Å²) in [4.78, 5) is 8.63. The Kier molecular flexibility index (Phi) is 5.29. The molecule has 1 aromatic heterocycles. The largest absolute Gasteiger partial charge is 0.437 e. The van der Waals surface area contributed by atoms with Crippen molar-refractivity contribution in [2.24, 2.45) is 0 Å². The molecule has 0 aliphatic rings. The lowest BCUT2D eigenvalue weighted by molar-refractivity contribution is 0.456. The second-order valence-electron chi connectivity index (χ2n) is 4.34. The van der Waals surface area contributed by atoms with Crippen LogP contribution in [0.5, 0.6) is 11.6 Å². The average molecular weight is 441 g/mol. The van der Waals surface area contributed by atoms with Crippen molar-refractivity contribution in [1.82, 2.24) is 9.97 Å². The minimum absolute atomic E-state index is 0.193. The van der Waals surface area contributed by atoms with Crippen molar-refractivity contribution in [3.63, 3.8) is 0 Å². The van der Waals surface area contributed by atoms with Crippen molar-refractivity contribution in [2.45, 2.75) is 19.8 Å². The quantitative estimate of drug-likeness (QED) is 0.419. The molecule has 0 fully saturated rings. The van der Waals surface area contributed by atoms with Crippen LogP contribution in [0, 0.1) is 0 Å². The Labute approximate surface area is 143 Å². The Balaban J connectivity index is 2.37. The molecule has 3 nitrogen and oxygen atoms in total. The first kappa shape index (κ1) is 16.0. The number of nitrogens with zero attached hydrogens (tertiary/aromatic N) is 2. The van der Waals surface area contributed by atoms with E-state index in [2.05, 4.69) is 41.8 Å². The summed E-state index contributed by atoms with van der Waals surface area (Å²) in [7, 11) is 0.